The summed E-state index contributed by atoms with van der Waals surface area (Å²) < 4.78 is 10.4. The zero-order valence-electron chi connectivity index (χ0n) is 19.1. The molecule has 5 heteroatoms. The van der Waals surface area contributed by atoms with Crippen LogP contribution in [0.25, 0.3) is 0 Å². The Morgan fingerprint density at radius 3 is 1.52 bits per heavy atom. The molecule has 172 valence electrons. The van der Waals surface area contributed by atoms with Gasteiger partial charge in [0, 0.05) is 12.8 Å². The third kappa shape index (κ3) is 20.0. The predicted molar refractivity (Wildman–Crippen MR) is 118 cm³/mol. The van der Waals surface area contributed by atoms with E-state index >= 15 is 0 Å². The van der Waals surface area contributed by atoms with Gasteiger partial charge in [0.2, 0.25) is 0 Å². The van der Waals surface area contributed by atoms with Crippen molar-refractivity contribution in [2.75, 3.05) is 13.2 Å². The highest BCUT2D eigenvalue weighted by Gasteiger charge is 2.16. The molecule has 0 spiro atoms. The molecule has 0 rings (SSSR count). The highest BCUT2D eigenvalue weighted by atomic mass is 16.6. The van der Waals surface area contributed by atoms with E-state index in [1.54, 1.807) is 0 Å². The molecule has 0 heterocycles. The predicted octanol–water partition coefficient (Wildman–Crippen LogP) is 6.11. The summed E-state index contributed by atoms with van der Waals surface area (Å²) >= 11 is 0. The van der Waals surface area contributed by atoms with Crippen LogP contribution in [-0.2, 0) is 19.1 Å². The van der Waals surface area contributed by atoms with Gasteiger partial charge in [0.15, 0.2) is 6.10 Å². The molecule has 1 N–H and O–H groups in total. The average molecular weight is 415 g/mol. The number of carbonyl (C=O) groups is 2. The van der Waals surface area contributed by atoms with E-state index in [2.05, 4.69) is 13.8 Å². The summed E-state index contributed by atoms with van der Waals surface area (Å²) in [6.45, 7) is 4.00. The SMILES string of the molecule is CCCCCCCCCCCCC(=O)O[C@@H](CO)COC(=O)CCCCCCC. The lowest BCUT2D eigenvalue weighted by atomic mass is 10.1. The lowest BCUT2D eigenvalue weighted by molar-refractivity contribution is -0.161. The first-order valence-corrected chi connectivity index (χ1v) is 12.1. The van der Waals surface area contributed by atoms with Gasteiger partial charge >= 0.3 is 11.9 Å². The Morgan fingerprint density at radius 2 is 1.07 bits per heavy atom. The minimum Gasteiger partial charge on any atom is -0.462 e. The Balaban J connectivity index is 3.62. The highest BCUT2D eigenvalue weighted by Crippen LogP contribution is 2.12. The average Bonchev–Trinajstić information content (AvgIpc) is 2.72. The fraction of sp³-hybridized carbons (Fsp3) is 0.917. The number of unbranched alkanes of at least 4 members (excludes halogenated alkanes) is 13. The Kier molecular flexibility index (Phi) is 20.8. The summed E-state index contributed by atoms with van der Waals surface area (Å²) in [5.74, 6) is -0.607. The van der Waals surface area contributed by atoms with Crippen LogP contribution < -0.4 is 0 Å². The molecule has 0 amide bonds. The lowest BCUT2D eigenvalue weighted by Gasteiger charge is -2.15. The maximum Gasteiger partial charge on any atom is 0.306 e. The summed E-state index contributed by atoms with van der Waals surface area (Å²) in [6, 6.07) is 0. The molecule has 0 aromatic heterocycles. The first-order valence-electron chi connectivity index (χ1n) is 12.1. The molecule has 0 radical (unpaired) electrons. The van der Waals surface area contributed by atoms with E-state index in [4.69, 9.17) is 9.47 Å². The number of ether oxygens (including phenoxy) is 2. The minimum absolute atomic E-state index is 0.0614. The molecule has 0 unspecified atom stereocenters. The van der Waals surface area contributed by atoms with Gasteiger partial charge < -0.3 is 14.6 Å². The summed E-state index contributed by atoms with van der Waals surface area (Å²) in [7, 11) is 0. The van der Waals surface area contributed by atoms with E-state index in [1.165, 1.54) is 57.8 Å². The van der Waals surface area contributed by atoms with Crippen molar-refractivity contribution in [2.45, 2.75) is 129 Å². The first-order chi connectivity index (χ1) is 14.1. The van der Waals surface area contributed by atoms with Crippen molar-refractivity contribution in [2.24, 2.45) is 0 Å². The van der Waals surface area contributed by atoms with Gasteiger partial charge in [-0.1, -0.05) is 97.3 Å². The Bertz CT molecular complexity index is 383. The summed E-state index contributed by atoms with van der Waals surface area (Å²) in [5, 5.41) is 9.34. The van der Waals surface area contributed by atoms with Crippen LogP contribution in [0.15, 0.2) is 0 Å². The quantitative estimate of drug-likeness (QED) is 0.181. The minimum atomic E-state index is -0.755. The van der Waals surface area contributed by atoms with Crippen LogP contribution in [0.3, 0.4) is 0 Å². The van der Waals surface area contributed by atoms with Crippen LogP contribution in [0, 0.1) is 0 Å². The standard InChI is InChI=1S/C24H46O5/c1-3-5-7-9-10-11-12-13-15-17-19-24(27)29-22(20-25)21-28-23(26)18-16-14-8-6-4-2/h22,25H,3-21H2,1-2H3/t22-/m0/s1. The van der Waals surface area contributed by atoms with Crippen LogP contribution >= 0.6 is 0 Å². The molecule has 0 bridgehead atoms. The van der Waals surface area contributed by atoms with Crippen LogP contribution in [0.5, 0.6) is 0 Å². The summed E-state index contributed by atoms with van der Waals surface area (Å²) in [5.41, 5.74) is 0. The van der Waals surface area contributed by atoms with Gasteiger partial charge in [-0.15, -0.1) is 0 Å². The zero-order chi connectivity index (χ0) is 21.6. The van der Waals surface area contributed by atoms with Crippen molar-refractivity contribution in [3.63, 3.8) is 0 Å². The number of aliphatic hydroxyl groups is 1. The molecule has 1 atom stereocenters. The Hall–Kier alpha value is -1.10. The number of hydrogen-bond donors (Lipinski definition) is 1. The molecule has 0 aliphatic rings. The van der Waals surface area contributed by atoms with E-state index in [0.29, 0.717) is 12.8 Å². The smallest absolute Gasteiger partial charge is 0.306 e. The molecule has 0 aromatic rings. The van der Waals surface area contributed by atoms with Gasteiger partial charge in [0.25, 0.3) is 0 Å². The molecule has 0 saturated carbocycles. The summed E-state index contributed by atoms with van der Waals surface area (Å²) in [4.78, 5) is 23.6. The molecule has 0 saturated heterocycles. The molecule has 0 aliphatic carbocycles. The summed E-state index contributed by atoms with van der Waals surface area (Å²) in [6.07, 6.45) is 17.5. The number of hydrogen-bond acceptors (Lipinski definition) is 5. The molecule has 0 aromatic carbocycles. The van der Waals surface area contributed by atoms with Gasteiger partial charge in [0.1, 0.15) is 6.61 Å². The van der Waals surface area contributed by atoms with E-state index in [0.717, 1.165) is 38.5 Å². The number of rotatable bonds is 21. The fourth-order valence-electron chi connectivity index (χ4n) is 3.26. The van der Waals surface area contributed by atoms with Gasteiger partial charge in [-0.25, -0.2) is 0 Å². The van der Waals surface area contributed by atoms with Crippen molar-refractivity contribution in [3.8, 4) is 0 Å². The van der Waals surface area contributed by atoms with Gasteiger partial charge in [-0.3, -0.25) is 9.59 Å². The van der Waals surface area contributed by atoms with Gasteiger partial charge in [0.05, 0.1) is 6.61 Å². The third-order valence-corrected chi connectivity index (χ3v) is 5.15. The second kappa shape index (κ2) is 21.6. The van der Waals surface area contributed by atoms with E-state index < -0.39 is 6.10 Å². The van der Waals surface area contributed by atoms with Crippen molar-refractivity contribution in [3.05, 3.63) is 0 Å². The second-order valence-electron chi connectivity index (χ2n) is 8.07. The molecule has 0 aliphatic heterocycles. The van der Waals surface area contributed by atoms with Crippen molar-refractivity contribution in [1.29, 1.82) is 0 Å². The maximum absolute atomic E-state index is 11.9. The molecule has 5 nitrogen and oxygen atoms in total. The second-order valence-corrected chi connectivity index (χ2v) is 8.07. The topological polar surface area (TPSA) is 72.8 Å². The van der Waals surface area contributed by atoms with Crippen LogP contribution in [0.4, 0.5) is 0 Å². The normalized spacial score (nSPS) is 12.0. The first kappa shape index (κ1) is 27.9. The molecule has 29 heavy (non-hydrogen) atoms. The van der Waals surface area contributed by atoms with E-state index in [1.807, 2.05) is 0 Å². The Labute approximate surface area is 178 Å². The Morgan fingerprint density at radius 1 is 0.655 bits per heavy atom. The van der Waals surface area contributed by atoms with Crippen LogP contribution in [0.2, 0.25) is 0 Å². The lowest BCUT2D eigenvalue weighted by Crippen LogP contribution is -2.28. The zero-order valence-corrected chi connectivity index (χ0v) is 19.1. The number of aliphatic hydroxyl groups excluding tert-OH is 1. The number of esters is 2. The fourth-order valence-corrected chi connectivity index (χ4v) is 3.26. The largest absolute Gasteiger partial charge is 0.462 e. The number of carbonyl (C=O) groups excluding carboxylic acids is 2. The molecular weight excluding hydrogens is 368 g/mol. The monoisotopic (exact) mass is 414 g/mol. The van der Waals surface area contributed by atoms with Crippen molar-refractivity contribution in [1.82, 2.24) is 0 Å². The maximum atomic E-state index is 11.9. The van der Waals surface area contributed by atoms with Crippen LogP contribution in [-0.4, -0.2) is 36.4 Å². The van der Waals surface area contributed by atoms with Gasteiger partial charge in [-0.05, 0) is 12.8 Å². The van der Waals surface area contributed by atoms with E-state index in [-0.39, 0.29) is 25.2 Å². The molecule has 0 fully saturated rings. The van der Waals surface area contributed by atoms with Crippen LogP contribution in [0.1, 0.15) is 123 Å². The van der Waals surface area contributed by atoms with Crippen molar-refractivity contribution < 1.29 is 24.2 Å². The highest BCUT2D eigenvalue weighted by molar-refractivity contribution is 5.70. The third-order valence-electron chi connectivity index (χ3n) is 5.15. The van der Waals surface area contributed by atoms with E-state index in [9.17, 15) is 14.7 Å². The van der Waals surface area contributed by atoms with Gasteiger partial charge in [-0.2, -0.15) is 0 Å². The van der Waals surface area contributed by atoms with Crippen molar-refractivity contribution >= 4 is 11.9 Å². The molecular formula is C24H46O5.